The fourth-order valence-corrected chi connectivity index (χ4v) is 2.75. The Labute approximate surface area is 119 Å². The summed E-state index contributed by atoms with van der Waals surface area (Å²) in [7, 11) is 0. The first-order valence-corrected chi connectivity index (χ1v) is 7.13. The van der Waals surface area contributed by atoms with E-state index in [2.05, 4.69) is 22.8 Å². The van der Waals surface area contributed by atoms with Crippen LogP contribution in [0.15, 0.2) is 23.4 Å². The molecule has 2 rings (SSSR count). The van der Waals surface area contributed by atoms with E-state index in [4.69, 9.17) is 4.74 Å². The highest BCUT2D eigenvalue weighted by Crippen LogP contribution is 2.29. The van der Waals surface area contributed by atoms with Gasteiger partial charge in [0, 0.05) is 5.70 Å². The van der Waals surface area contributed by atoms with Crippen molar-refractivity contribution in [1.82, 2.24) is 10.6 Å². The first-order chi connectivity index (χ1) is 9.49. The molecule has 5 heteroatoms. The van der Waals surface area contributed by atoms with Crippen molar-refractivity contribution in [1.29, 1.82) is 0 Å². The molecule has 1 aliphatic heterocycles. The molecule has 0 saturated carbocycles. The third-order valence-electron chi connectivity index (χ3n) is 3.65. The molecule has 5 nitrogen and oxygen atoms in total. The van der Waals surface area contributed by atoms with E-state index >= 15 is 0 Å². The molecule has 0 bridgehead atoms. The number of allylic oxidation sites excluding steroid dienone is 3. The fourth-order valence-electron chi connectivity index (χ4n) is 2.75. The Morgan fingerprint density at radius 3 is 2.75 bits per heavy atom. The number of carbonyl (C=O) groups excluding carboxylic acids is 2. The molecule has 2 aliphatic rings. The summed E-state index contributed by atoms with van der Waals surface area (Å²) in [5.74, 6) is -0.0970. The third-order valence-corrected chi connectivity index (χ3v) is 3.65. The first kappa shape index (κ1) is 14.6. The molecule has 2 N–H and O–H groups in total. The Bertz CT molecular complexity index is 466. The summed E-state index contributed by atoms with van der Waals surface area (Å²) >= 11 is 0. The van der Waals surface area contributed by atoms with Crippen molar-refractivity contribution in [2.24, 2.45) is 5.92 Å². The van der Waals surface area contributed by atoms with Crippen LogP contribution >= 0.6 is 0 Å². The molecular formula is C15H22N2O3. The highest BCUT2D eigenvalue weighted by atomic mass is 16.5. The maximum absolute atomic E-state index is 12.3. The number of hydrogen-bond donors (Lipinski definition) is 2. The zero-order valence-corrected chi connectivity index (χ0v) is 12.2. The summed E-state index contributed by atoms with van der Waals surface area (Å²) in [5, 5.41) is 5.54. The minimum Gasteiger partial charge on any atom is -0.460 e. The quantitative estimate of drug-likeness (QED) is 0.614. The molecule has 0 radical (unpaired) electrons. The van der Waals surface area contributed by atoms with Crippen LogP contribution in [0.4, 0.5) is 4.79 Å². The second-order valence-electron chi connectivity index (χ2n) is 5.61. The maximum Gasteiger partial charge on any atom is 0.338 e. The van der Waals surface area contributed by atoms with Gasteiger partial charge in [0.25, 0.3) is 0 Å². The third kappa shape index (κ3) is 3.21. The van der Waals surface area contributed by atoms with Gasteiger partial charge in [0.05, 0.1) is 17.7 Å². The molecule has 20 heavy (non-hydrogen) atoms. The van der Waals surface area contributed by atoms with Gasteiger partial charge in [-0.15, -0.1) is 0 Å². The Morgan fingerprint density at radius 2 is 2.15 bits per heavy atom. The zero-order chi connectivity index (χ0) is 14.7. The Kier molecular flexibility index (Phi) is 4.47. The molecule has 0 aromatic carbocycles. The van der Waals surface area contributed by atoms with Crippen LogP contribution in [0.25, 0.3) is 0 Å². The lowest BCUT2D eigenvalue weighted by atomic mass is 9.82. The van der Waals surface area contributed by atoms with Gasteiger partial charge in [0.1, 0.15) is 0 Å². The van der Waals surface area contributed by atoms with E-state index in [0.29, 0.717) is 11.3 Å². The summed E-state index contributed by atoms with van der Waals surface area (Å²) in [6, 6.07) is -0.511. The van der Waals surface area contributed by atoms with Crippen molar-refractivity contribution < 1.29 is 14.3 Å². The van der Waals surface area contributed by atoms with Gasteiger partial charge in [0.2, 0.25) is 0 Å². The molecule has 2 amide bonds. The van der Waals surface area contributed by atoms with Crippen LogP contribution in [0.5, 0.6) is 0 Å². The van der Waals surface area contributed by atoms with Gasteiger partial charge in [-0.1, -0.05) is 12.2 Å². The molecule has 0 fully saturated rings. The van der Waals surface area contributed by atoms with Crippen molar-refractivity contribution in [3.8, 4) is 0 Å². The van der Waals surface area contributed by atoms with E-state index in [1.54, 1.807) is 6.92 Å². The smallest absolute Gasteiger partial charge is 0.338 e. The van der Waals surface area contributed by atoms with Crippen LogP contribution < -0.4 is 10.6 Å². The van der Waals surface area contributed by atoms with E-state index in [0.717, 1.165) is 19.3 Å². The number of ether oxygens (including phenoxy) is 1. The normalized spacial score (nSPS) is 26.3. The van der Waals surface area contributed by atoms with E-state index in [9.17, 15) is 9.59 Å². The highest BCUT2D eigenvalue weighted by molar-refractivity contribution is 5.94. The largest absolute Gasteiger partial charge is 0.460 e. The highest BCUT2D eigenvalue weighted by Gasteiger charge is 2.36. The summed E-state index contributed by atoms with van der Waals surface area (Å²) in [6.07, 6.45) is 6.90. The number of carbonyl (C=O) groups is 2. The number of hydrogen-bond acceptors (Lipinski definition) is 3. The molecule has 0 saturated heterocycles. The molecule has 0 unspecified atom stereocenters. The molecule has 0 aromatic rings. The van der Waals surface area contributed by atoms with Crippen LogP contribution in [0.2, 0.25) is 0 Å². The lowest BCUT2D eigenvalue weighted by Crippen LogP contribution is -2.53. The van der Waals surface area contributed by atoms with Crippen molar-refractivity contribution in [2.45, 2.75) is 52.2 Å². The second kappa shape index (κ2) is 6.11. The number of amides is 2. The van der Waals surface area contributed by atoms with Gasteiger partial charge >= 0.3 is 12.0 Å². The molecule has 2 atom stereocenters. The van der Waals surface area contributed by atoms with Crippen LogP contribution in [-0.2, 0) is 9.53 Å². The average Bonchev–Trinajstić information content (AvgIpc) is 2.37. The lowest BCUT2D eigenvalue weighted by molar-refractivity contribution is -0.143. The minimum atomic E-state index is -0.343. The van der Waals surface area contributed by atoms with Crippen molar-refractivity contribution in [2.75, 3.05) is 0 Å². The van der Waals surface area contributed by atoms with Crippen LogP contribution in [0.1, 0.15) is 40.0 Å². The number of esters is 1. The molecule has 0 aromatic heterocycles. The predicted octanol–water partition coefficient (Wildman–Crippen LogP) is 2.25. The second-order valence-corrected chi connectivity index (χ2v) is 5.61. The van der Waals surface area contributed by atoms with Crippen LogP contribution in [-0.4, -0.2) is 24.1 Å². The van der Waals surface area contributed by atoms with Gasteiger partial charge in [-0.2, -0.15) is 0 Å². The Morgan fingerprint density at radius 1 is 1.40 bits per heavy atom. The Balaban J connectivity index is 2.26. The van der Waals surface area contributed by atoms with Gasteiger partial charge in [-0.3, -0.25) is 0 Å². The predicted molar refractivity (Wildman–Crippen MR) is 75.9 cm³/mol. The first-order valence-electron chi connectivity index (χ1n) is 7.13. The molecule has 1 heterocycles. The van der Waals surface area contributed by atoms with Crippen molar-refractivity contribution in [3.05, 3.63) is 23.4 Å². The minimum absolute atomic E-state index is 0.174. The van der Waals surface area contributed by atoms with Crippen molar-refractivity contribution in [3.63, 3.8) is 0 Å². The monoisotopic (exact) mass is 278 g/mol. The Hall–Kier alpha value is -1.78. The number of rotatable bonds is 3. The van der Waals surface area contributed by atoms with E-state index in [1.165, 1.54) is 0 Å². The molecule has 110 valence electrons. The van der Waals surface area contributed by atoms with Crippen LogP contribution in [0, 0.1) is 5.92 Å². The molecule has 0 spiro atoms. The van der Waals surface area contributed by atoms with E-state index < -0.39 is 0 Å². The standard InChI is InChI=1S/C15H22N2O3/c1-9(2)20-14(18)12-10(3)16-15(19)17-13(12)11-7-5-4-6-8-11/h4-5,9,11,13H,6-8H2,1-3H3,(H2,16,17,19)/t11-,13-/m0/s1. The van der Waals surface area contributed by atoms with Gasteiger partial charge in [0.15, 0.2) is 0 Å². The summed E-state index contributed by atoms with van der Waals surface area (Å²) < 4.78 is 5.31. The van der Waals surface area contributed by atoms with Crippen molar-refractivity contribution >= 4 is 12.0 Å². The number of urea groups is 1. The van der Waals surface area contributed by atoms with Gasteiger partial charge in [-0.05, 0) is 46.0 Å². The summed E-state index contributed by atoms with van der Waals surface area (Å²) in [4.78, 5) is 24.0. The summed E-state index contributed by atoms with van der Waals surface area (Å²) in [6.45, 7) is 5.39. The van der Waals surface area contributed by atoms with Crippen LogP contribution in [0.3, 0.4) is 0 Å². The van der Waals surface area contributed by atoms with Gasteiger partial charge < -0.3 is 15.4 Å². The lowest BCUT2D eigenvalue weighted by Gasteiger charge is -2.34. The SMILES string of the molecule is CC1=C(C(=O)OC(C)C)[C@H]([C@H]2CC=CCC2)NC(=O)N1. The molecular weight excluding hydrogens is 256 g/mol. The molecule has 1 aliphatic carbocycles. The van der Waals surface area contributed by atoms with Gasteiger partial charge in [-0.25, -0.2) is 9.59 Å². The summed E-state index contributed by atoms with van der Waals surface area (Å²) in [5.41, 5.74) is 1.15. The average molecular weight is 278 g/mol. The number of nitrogens with one attached hydrogen (secondary N) is 2. The maximum atomic E-state index is 12.3. The topological polar surface area (TPSA) is 67.4 Å². The zero-order valence-electron chi connectivity index (χ0n) is 12.2. The fraction of sp³-hybridized carbons (Fsp3) is 0.600. The van der Waals surface area contributed by atoms with E-state index in [-0.39, 0.29) is 30.1 Å². The van der Waals surface area contributed by atoms with E-state index in [1.807, 2.05) is 13.8 Å².